The lowest BCUT2D eigenvalue weighted by molar-refractivity contribution is -0.139. The van der Waals surface area contributed by atoms with Gasteiger partial charge < -0.3 is 14.7 Å². The summed E-state index contributed by atoms with van der Waals surface area (Å²) in [5.41, 5.74) is 1.55. The van der Waals surface area contributed by atoms with Crippen LogP contribution in [0, 0.1) is 6.92 Å². The lowest BCUT2D eigenvalue weighted by atomic mass is 9.87. The Hall–Kier alpha value is -2.58. The Morgan fingerprint density at radius 3 is 2.33 bits per heavy atom. The summed E-state index contributed by atoms with van der Waals surface area (Å²) in [6, 6.07) is 13.0. The van der Waals surface area contributed by atoms with E-state index in [1.807, 2.05) is 30.3 Å². The highest BCUT2D eigenvalue weighted by molar-refractivity contribution is 7.89. The van der Waals surface area contributed by atoms with E-state index in [1.165, 1.54) is 6.07 Å². The molecular weight excluding hydrogens is 440 g/mol. The zero-order chi connectivity index (χ0) is 24.1. The van der Waals surface area contributed by atoms with E-state index < -0.39 is 28.1 Å². The van der Waals surface area contributed by atoms with E-state index in [1.54, 1.807) is 13.0 Å². The first-order chi connectivity index (χ1) is 15.7. The number of aryl methyl sites for hydroxylation is 1. The van der Waals surface area contributed by atoms with Gasteiger partial charge in [-0.25, -0.2) is 17.9 Å². The van der Waals surface area contributed by atoms with Crippen LogP contribution in [-0.2, 0) is 14.8 Å². The van der Waals surface area contributed by atoms with Crippen molar-refractivity contribution in [3.63, 3.8) is 0 Å². The molecule has 0 fully saturated rings. The Labute approximate surface area is 196 Å². The molecule has 1 heterocycles. The molecule has 1 aliphatic rings. The smallest absolute Gasteiger partial charge is 0.341 e. The summed E-state index contributed by atoms with van der Waals surface area (Å²) in [5.74, 6) is -0.862. The molecule has 180 valence electrons. The highest BCUT2D eigenvalue weighted by Crippen LogP contribution is 2.41. The molecule has 0 amide bonds. The molecule has 0 aromatic heterocycles. The molecule has 2 aromatic rings. The number of rotatable bonds is 10. The molecule has 0 saturated carbocycles. The van der Waals surface area contributed by atoms with Crippen LogP contribution in [0.1, 0.15) is 57.9 Å². The maximum Gasteiger partial charge on any atom is 0.341 e. The number of hydrogen-bond donors (Lipinski definition) is 2. The second-order valence-electron chi connectivity index (χ2n) is 8.78. The summed E-state index contributed by atoms with van der Waals surface area (Å²) in [4.78, 5) is 13.2. The number of carboxylic acids is 1. The zero-order valence-electron chi connectivity index (χ0n) is 19.6. The molecule has 0 saturated heterocycles. The van der Waals surface area contributed by atoms with E-state index >= 15 is 0 Å². The third-order valence-corrected chi connectivity index (χ3v) is 7.69. The summed E-state index contributed by atoms with van der Waals surface area (Å²) >= 11 is 0. The van der Waals surface area contributed by atoms with Crippen LogP contribution in [0.5, 0.6) is 5.75 Å². The van der Waals surface area contributed by atoms with Crippen LogP contribution in [0.15, 0.2) is 47.4 Å². The third kappa shape index (κ3) is 5.86. The van der Waals surface area contributed by atoms with Crippen LogP contribution in [-0.4, -0.2) is 38.2 Å². The lowest BCUT2D eigenvalue weighted by Crippen LogP contribution is -2.53. The maximum atomic E-state index is 13.7. The van der Waals surface area contributed by atoms with E-state index in [0.717, 1.165) is 44.2 Å². The topological polar surface area (TPSA) is 95.9 Å². The van der Waals surface area contributed by atoms with Crippen molar-refractivity contribution in [2.75, 3.05) is 18.1 Å². The van der Waals surface area contributed by atoms with E-state index in [0.29, 0.717) is 17.8 Å². The SMILES string of the molecule is CCCCC1(CCCC)CN(c2ccccc2)c2cc(C)c(OCC(=O)O)cc2S(=O)(=O)N1. The molecule has 2 aromatic carbocycles. The van der Waals surface area contributed by atoms with Gasteiger partial charge in [-0.3, -0.25) is 0 Å². The third-order valence-electron chi connectivity index (χ3n) is 6.09. The molecule has 0 spiro atoms. The van der Waals surface area contributed by atoms with Crippen LogP contribution in [0.25, 0.3) is 0 Å². The minimum Gasteiger partial charge on any atom is -0.482 e. The molecule has 0 unspecified atom stereocenters. The van der Waals surface area contributed by atoms with Crippen molar-refractivity contribution < 1.29 is 23.1 Å². The van der Waals surface area contributed by atoms with Crippen molar-refractivity contribution in [1.82, 2.24) is 4.72 Å². The largest absolute Gasteiger partial charge is 0.482 e. The average Bonchev–Trinajstić information content (AvgIpc) is 2.87. The second-order valence-corrected chi connectivity index (χ2v) is 10.4. The molecule has 0 aliphatic carbocycles. The molecule has 7 nitrogen and oxygen atoms in total. The molecule has 0 bridgehead atoms. The van der Waals surface area contributed by atoms with Gasteiger partial charge in [0.1, 0.15) is 10.6 Å². The Morgan fingerprint density at radius 2 is 1.76 bits per heavy atom. The first-order valence-corrected chi connectivity index (χ1v) is 13.1. The first-order valence-electron chi connectivity index (χ1n) is 11.6. The number of ether oxygens (including phenoxy) is 1. The van der Waals surface area contributed by atoms with Crippen LogP contribution in [0.4, 0.5) is 11.4 Å². The number of hydrogen-bond acceptors (Lipinski definition) is 5. The Balaban J connectivity index is 2.20. The Morgan fingerprint density at radius 1 is 1.12 bits per heavy atom. The predicted octanol–water partition coefficient (Wildman–Crippen LogP) is 5.01. The molecular formula is C25H34N2O5S. The number of aliphatic carboxylic acids is 1. The number of nitrogens with zero attached hydrogens (tertiary/aromatic N) is 1. The summed E-state index contributed by atoms with van der Waals surface area (Å²) in [5, 5.41) is 9.01. The number of carbonyl (C=O) groups is 1. The van der Waals surface area contributed by atoms with E-state index in [2.05, 4.69) is 23.5 Å². The van der Waals surface area contributed by atoms with E-state index in [9.17, 15) is 13.2 Å². The minimum absolute atomic E-state index is 0.104. The van der Waals surface area contributed by atoms with Gasteiger partial charge in [0, 0.05) is 18.3 Å². The fourth-order valence-electron chi connectivity index (χ4n) is 4.39. The number of sulfonamides is 1. The van der Waals surface area contributed by atoms with Crippen LogP contribution in [0.2, 0.25) is 0 Å². The van der Waals surface area contributed by atoms with Gasteiger partial charge in [-0.1, -0.05) is 57.7 Å². The van der Waals surface area contributed by atoms with Gasteiger partial charge in [0.2, 0.25) is 10.0 Å². The van der Waals surface area contributed by atoms with Crippen molar-refractivity contribution in [3.05, 3.63) is 48.0 Å². The van der Waals surface area contributed by atoms with E-state index in [-0.39, 0.29) is 10.6 Å². The molecule has 8 heteroatoms. The second kappa shape index (κ2) is 10.6. The van der Waals surface area contributed by atoms with Gasteiger partial charge in [-0.2, -0.15) is 0 Å². The molecule has 1 aliphatic heterocycles. The number of anilines is 2. The highest BCUT2D eigenvalue weighted by Gasteiger charge is 2.41. The molecule has 0 atom stereocenters. The predicted molar refractivity (Wildman–Crippen MR) is 130 cm³/mol. The Bertz CT molecular complexity index is 1060. The highest BCUT2D eigenvalue weighted by atomic mass is 32.2. The number of carboxylic acid groups (broad SMARTS) is 1. The van der Waals surface area contributed by atoms with Crippen LogP contribution in [0.3, 0.4) is 0 Å². The normalized spacial score (nSPS) is 16.6. The number of nitrogens with one attached hydrogen (secondary N) is 1. The van der Waals surface area contributed by atoms with Crippen LogP contribution >= 0.6 is 0 Å². The van der Waals surface area contributed by atoms with Gasteiger partial charge in [0.25, 0.3) is 0 Å². The molecule has 3 rings (SSSR count). The van der Waals surface area contributed by atoms with Crippen molar-refractivity contribution in [2.24, 2.45) is 0 Å². The summed E-state index contributed by atoms with van der Waals surface area (Å²) in [7, 11) is -3.88. The average molecular weight is 475 g/mol. The summed E-state index contributed by atoms with van der Waals surface area (Å²) in [6.07, 6.45) is 5.25. The maximum absolute atomic E-state index is 13.7. The number of para-hydroxylation sites is 1. The number of benzene rings is 2. The van der Waals surface area contributed by atoms with Gasteiger partial charge in [-0.05, 0) is 43.5 Å². The lowest BCUT2D eigenvalue weighted by Gasteiger charge is -2.37. The number of unbranched alkanes of at least 4 members (excludes halogenated alkanes) is 2. The molecule has 2 N–H and O–H groups in total. The van der Waals surface area contributed by atoms with E-state index in [4.69, 9.17) is 9.84 Å². The fourth-order valence-corrected chi connectivity index (χ4v) is 6.04. The standard InChI is InChI=1S/C25H34N2O5S/c1-4-6-13-25(14-7-5-2)18-27(20-11-9-8-10-12-20)21-15-19(3)22(32-17-24(28)29)16-23(21)33(30,31)26-25/h8-12,15-16,26H,4-7,13-14,17-18H2,1-3H3,(H,28,29). The fraction of sp³-hybridized carbons (Fsp3) is 0.480. The Kier molecular flexibility index (Phi) is 8.02. The van der Waals surface area contributed by atoms with Crippen LogP contribution < -0.4 is 14.4 Å². The first kappa shape index (κ1) is 25.1. The molecule has 33 heavy (non-hydrogen) atoms. The van der Waals surface area contributed by atoms with Crippen molar-refractivity contribution in [1.29, 1.82) is 0 Å². The summed E-state index contributed by atoms with van der Waals surface area (Å²) in [6.45, 7) is 5.99. The van der Waals surface area contributed by atoms with Crippen molar-refractivity contribution in [2.45, 2.75) is 69.7 Å². The van der Waals surface area contributed by atoms with Gasteiger partial charge in [-0.15, -0.1) is 0 Å². The van der Waals surface area contributed by atoms with Gasteiger partial charge in [0.15, 0.2) is 6.61 Å². The zero-order valence-corrected chi connectivity index (χ0v) is 20.5. The van der Waals surface area contributed by atoms with Crippen molar-refractivity contribution >= 4 is 27.4 Å². The number of fused-ring (bicyclic) bond motifs is 1. The summed E-state index contributed by atoms with van der Waals surface area (Å²) < 4.78 is 35.9. The molecule has 0 radical (unpaired) electrons. The minimum atomic E-state index is -3.88. The van der Waals surface area contributed by atoms with Crippen molar-refractivity contribution in [3.8, 4) is 5.75 Å². The quantitative estimate of drug-likeness (QED) is 0.503. The monoisotopic (exact) mass is 474 g/mol. The van der Waals surface area contributed by atoms with Gasteiger partial charge >= 0.3 is 5.97 Å². The van der Waals surface area contributed by atoms with Gasteiger partial charge in [0.05, 0.1) is 11.2 Å².